The number of hydrogen-bond acceptors (Lipinski definition) is 1. The molecule has 0 aliphatic heterocycles. The minimum atomic E-state index is -0.0987. The van der Waals surface area contributed by atoms with Crippen LogP contribution in [0.3, 0.4) is 0 Å². The van der Waals surface area contributed by atoms with Crippen LogP contribution in [-0.2, 0) is 5.41 Å². The van der Waals surface area contributed by atoms with E-state index in [1.807, 2.05) is 0 Å². The van der Waals surface area contributed by atoms with E-state index in [1.54, 1.807) is 0 Å². The maximum atomic E-state index is 2.44. The van der Waals surface area contributed by atoms with Gasteiger partial charge in [0.25, 0.3) is 0 Å². The zero-order valence-electron chi connectivity index (χ0n) is 29.3. The first-order valence-corrected chi connectivity index (χ1v) is 17.9. The molecule has 0 saturated heterocycles. The van der Waals surface area contributed by atoms with Gasteiger partial charge in [0.1, 0.15) is 0 Å². The number of para-hydroxylation sites is 1. The van der Waals surface area contributed by atoms with Crippen LogP contribution in [0.4, 0.5) is 17.1 Å². The lowest BCUT2D eigenvalue weighted by Crippen LogP contribution is -2.16. The lowest BCUT2D eigenvalue weighted by molar-refractivity contribution is 0.660. The van der Waals surface area contributed by atoms with Gasteiger partial charge in [-0.3, -0.25) is 0 Å². The van der Waals surface area contributed by atoms with Crippen LogP contribution in [0.1, 0.15) is 30.5 Å². The van der Waals surface area contributed by atoms with E-state index < -0.39 is 0 Å². The quantitative estimate of drug-likeness (QED) is 0.173. The van der Waals surface area contributed by atoms with Gasteiger partial charge in [0.15, 0.2) is 0 Å². The maximum absolute atomic E-state index is 2.44. The second kappa shape index (κ2) is 12.3. The van der Waals surface area contributed by atoms with E-state index in [0.29, 0.717) is 0 Å². The van der Waals surface area contributed by atoms with Crippen LogP contribution in [0.25, 0.3) is 55.3 Å². The number of anilines is 3. The molecule has 0 aromatic heterocycles. The fourth-order valence-electron chi connectivity index (χ4n) is 8.23. The molecule has 0 fully saturated rings. The van der Waals surface area contributed by atoms with Crippen LogP contribution < -0.4 is 4.90 Å². The van der Waals surface area contributed by atoms with E-state index in [0.717, 1.165) is 17.1 Å². The van der Waals surface area contributed by atoms with E-state index >= 15 is 0 Å². The van der Waals surface area contributed by atoms with Crippen molar-refractivity contribution in [1.29, 1.82) is 0 Å². The monoisotopic (exact) mass is 653 g/mol. The van der Waals surface area contributed by atoms with E-state index in [1.165, 1.54) is 72.0 Å². The van der Waals surface area contributed by atoms with Gasteiger partial charge in [-0.25, -0.2) is 0 Å². The molecule has 1 heteroatoms. The molecular formula is C50H39N. The van der Waals surface area contributed by atoms with Crippen molar-refractivity contribution in [3.63, 3.8) is 0 Å². The average Bonchev–Trinajstić information content (AvgIpc) is 3.41. The van der Waals surface area contributed by atoms with Gasteiger partial charge in [0.2, 0.25) is 0 Å². The minimum Gasteiger partial charge on any atom is -0.310 e. The highest BCUT2D eigenvalue weighted by Crippen LogP contribution is 2.51. The Bertz CT molecular complexity index is 2560. The van der Waals surface area contributed by atoms with Gasteiger partial charge in [0, 0.05) is 22.4 Å². The Morgan fingerprint density at radius 2 is 1.00 bits per heavy atom. The summed E-state index contributed by atoms with van der Waals surface area (Å²) < 4.78 is 0. The third-order valence-electron chi connectivity index (χ3n) is 10.8. The highest BCUT2D eigenvalue weighted by Gasteiger charge is 2.35. The summed E-state index contributed by atoms with van der Waals surface area (Å²) in [7, 11) is 0. The van der Waals surface area contributed by atoms with Gasteiger partial charge in [-0.15, -0.1) is 0 Å². The molecule has 51 heavy (non-hydrogen) atoms. The Kier molecular flexibility index (Phi) is 7.44. The normalized spacial score (nSPS) is 12.8. The maximum Gasteiger partial charge on any atom is 0.0540 e. The number of rotatable bonds is 6. The van der Waals surface area contributed by atoms with Crippen molar-refractivity contribution in [3.05, 3.63) is 199 Å². The van der Waals surface area contributed by atoms with Crippen LogP contribution >= 0.6 is 0 Å². The van der Waals surface area contributed by atoms with Crippen LogP contribution in [0.5, 0.6) is 0 Å². The fraction of sp³-hybridized carbons (Fsp3) is 0.0800. The lowest BCUT2D eigenvalue weighted by Gasteiger charge is -2.30. The molecule has 244 valence electrons. The number of aryl methyl sites for hydroxylation is 1. The molecule has 8 aromatic carbocycles. The summed E-state index contributed by atoms with van der Waals surface area (Å²) in [6, 6.07) is 66.6. The molecule has 8 aromatic rings. The number of benzene rings is 8. The number of nitrogens with zero attached hydrogens (tertiary/aromatic N) is 1. The van der Waals surface area contributed by atoms with Crippen LogP contribution in [0.2, 0.25) is 0 Å². The highest BCUT2D eigenvalue weighted by atomic mass is 15.1. The van der Waals surface area contributed by atoms with Crippen molar-refractivity contribution in [3.8, 4) is 44.5 Å². The number of hydrogen-bond donors (Lipinski definition) is 0. The zero-order chi connectivity index (χ0) is 34.5. The molecule has 0 unspecified atom stereocenters. The molecule has 0 spiro atoms. The molecule has 0 radical (unpaired) electrons. The van der Waals surface area contributed by atoms with Crippen molar-refractivity contribution in [2.75, 3.05) is 4.90 Å². The fourth-order valence-corrected chi connectivity index (χ4v) is 8.23. The Balaban J connectivity index is 1.22. The molecule has 1 nitrogen and oxygen atoms in total. The average molecular weight is 654 g/mol. The van der Waals surface area contributed by atoms with Gasteiger partial charge in [-0.1, -0.05) is 166 Å². The summed E-state index contributed by atoms with van der Waals surface area (Å²) in [6.45, 7) is 6.92. The summed E-state index contributed by atoms with van der Waals surface area (Å²) in [5.41, 5.74) is 17.4. The van der Waals surface area contributed by atoms with Crippen LogP contribution in [-0.4, -0.2) is 0 Å². The van der Waals surface area contributed by atoms with E-state index in [-0.39, 0.29) is 5.41 Å². The first-order chi connectivity index (χ1) is 25.0. The number of fused-ring (bicyclic) bond motifs is 4. The SMILES string of the molecule is Cc1ccccc1-c1c(-c2ccc(N(c3ccc4c(c3)C(C)(C)c3ccccc3-4)c3ccccc3-c3ccccc3)cc2)ccc2ccccc12. The smallest absolute Gasteiger partial charge is 0.0540 e. The zero-order valence-corrected chi connectivity index (χ0v) is 29.3. The lowest BCUT2D eigenvalue weighted by atomic mass is 9.82. The van der Waals surface area contributed by atoms with Crippen LogP contribution in [0, 0.1) is 6.92 Å². The molecule has 1 aliphatic carbocycles. The second-order valence-corrected chi connectivity index (χ2v) is 14.2. The van der Waals surface area contributed by atoms with Crippen LogP contribution in [0.15, 0.2) is 182 Å². The molecular weight excluding hydrogens is 615 g/mol. The summed E-state index contributed by atoms with van der Waals surface area (Å²) in [6.07, 6.45) is 0. The highest BCUT2D eigenvalue weighted by molar-refractivity contribution is 6.05. The Labute approximate surface area is 301 Å². The molecule has 1 aliphatic rings. The first-order valence-electron chi connectivity index (χ1n) is 17.9. The summed E-state index contributed by atoms with van der Waals surface area (Å²) in [5, 5.41) is 2.52. The molecule has 0 amide bonds. The largest absolute Gasteiger partial charge is 0.310 e. The van der Waals surface area contributed by atoms with Crippen molar-refractivity contribution in [2.45, 2.75) is 26.2 Å². The Morgan fingerprint density at radius 3 is 1.80 bits per heavy atom. The van der Waals surface area contributed by atoms with Gasteiger partial charge in [-0.05, 0) is 104 Å². The van der Waals surface area contributed by atoms with Crippen molar-refractivity contribution in [1.82, 2.24) is 0 Å². The van der Waals surface area contributed by atoms with Crippen molar-refractivity contribution >= 4 is 27.8 Å². The standard InChI is InChI=1S/C50H39N/c1-34-15-7-9-19-40(34)49-42-21-10-8-18-36(42)27-31-43(49)37-25-28-38(29-26-37)51(48-24-14-12-20-41(48)35-16-5-4-6-17-35)39-30-32-45-44-22-11-13-23-46(44)50(2,3)47(45)33-39/h4-33H,1-3H3. The summed E-state index contributed by atoms with van der Waals surface area (Å²) in [4.78, 5) is 2.44. The predicted molar refractivity (Wildman–Crippen MR) is 217 cm³/mol. The summed E-state index contributed by atoms with van der Waals surface area (Å²) in [5.74, 6) is 0. The first kappa shape index (κ1) is 30.8. The Hall–Kier alpha value is -6.18. The second-order valence-electron chi connectivity index (χ2n) is 14.2. The minimum absolute atomic E-state index is 0.0987. The molecule has 0 N–H and O–H groups in total. The summed E-state index contributed by atoms with van der Waals surface area (Å²) >= 11 is 0. The van der Waals surface area contributed by atoms with Gasteiger partial charge >= 0.3 is 0 Å². The predicted octanol–water partition coefficient (Wildman–Crippen LogP) is 13.9. The Morgan fingerprint density at radius 1 is 0.412 bits per heavy atom. The van der Waals surface area contributed by atoms with Gasteiger partial charge in [-0.2, -0.15) is 0 Å². The van der Waals surface area contributed by atoms with E-state index in [9.17, 15) is 0 Å². The third kappa shape index (κ3) is 5.16. The molecule has 0 saturated carbocycles. The van der Waals surface area contributed by atoms with E-state index in [2.05, 4.69) is 208 Å². The van der Waals surface area contributed by atoms with Gasteiger partial charge < -0.3 is 4.90 Å². The topological polar surface area (TPSA) is 3.24 Å². The molecule has 0 bridgehead atoms. The van der Waals surface area contributed by atoms with E-state index in [4.69, 9.17) is 0 Å². The third-order valence-corrected chi connectivity index (χ3v) is 10.8. The molecule has 0 heterocycles. The van der Waals surface area contributed by atoms with Gasteiger partial charge in [0.05, 0.1) is 5.69 Å². The molecule has 9 rings (SSSR count). The molecule has 0 atom stereocenters. The van der Waals surface area contributed by atoms with Crippen molar-refractivity contribution in [2.24, 2.45) is 0 Å². The van der Waals surface area contributed by atoms with Crippen molar-refractivity contribution < 1.29 is 0 Å².